The second kappa shape index (κ2) is 7.83. The number of aromatic nitrogens is 3. The summed E-state index contributed by atoms with van der Waals surface area (Å²) in [7, 11) is -3.20. The van der Waals surface area contributed by atoms with E-state index in [0.717, 1.165) is 30.2 Å². The number of sulfone groups is 1. The molecule has 0 saturated carbocycles. The van der Waals surface area contributed by atoms with Crippen molar-refractivity contribution in [3.05, 3.63) is 66.4 Å². The minimum absolute atomic E-state index is 0.0333. The molecule has 7 nitrogen and oxygen atoms in total. The van der Waals surface area contributed by atoms with E-state index in [-0.39, 0.29) is 6.04 Å². The summed E-state index contributed by atoms with van der Waals surface area (Å²) in [6.07, 6.45) is 6.59. The van der Waals surface area contributed by atoms with Crippen LogP contribution in [0.2, 0.25) is 0 Å². The Kier molecular flexibility index (Phi) is 5.25. The molecule has 1 saturated heterocycles. The van der Waals surface area contributed by atoms with Gasteiger partial charge < -0.3 is 9.72 Å². The Balaban J connectivity index is 1.55. The minimum atomic E-state index is -3.20. The van der Waals surface area contributed by atoms with E-state index < -0.39 is 9.84 Å². The zero-order valence-corrected chi connectivity index (χ0v) is 16.4. The van der Waals surface area contributed by atoms with Crippen molar-refractivity contribution in [2.45, 2.75) is 17.5 Å². The third-order valence-corrected chi connectivity index (χ3v) is 6.01. The Bertz CT molecular complexity index is 1030. The molecule has 1 aliphatic rings. The van der Waals surface area contributed by atoms with Gasteiger partial charge in [-0.3, -0.25) is 9.88 Å². The number of ether oxygens (including phenoxy) is 1. The lowest BCUT2D eigenvalue weighted by Crippen LogP contribution is -2.39. The molecular weight excluding hydrogens is 376 g/mol. The Labute approximate surface area is 164 Å². The van der Waals surface area contributed by atoms with E-state index in [0.29, 0.717) is 18.1 Å². The molecule has 0 amide bonds. The smallest absolute Gasteiger partial charge is 0.175 e. The van der Waals surface area contributed by atoms with Gasteiger partial charge in [-0.25, -0.2) is 13.4 Å². The fourth-order valence-electron chi connectivity index (χ4n) is 3.34. The van der Waals surface area contributed by atoms with Gasteiger partial charge >= 0.3 is 0 Å². The monoisotopic (exact) mass is 398 g/mol. The maximum atomic E-state index is 11.6. The molecule has 0 aliphatic carbocycles. The van der Waals surface area contributed by atoms with Crippen molar-refractivity contribution < 1.29 is 13.2 Å². The topological polar surface area (TPSA) is 88.2 Å². The number of hydrogen-bond acceptors (Lipinski definition) is 6. The van der Waals surface area contributed by atoms with Gasteiger partial charge in [0.1, 0.15) is 5.82 Å². The molecule has 1 fully saturated rings. The maximum Gasteiger partial charge on any atom is 0.175 e. The minimum Gasteiger partial charge on any atom is -0.378 e. The van der Waals surface area contributed by atoms with Crippen LogP contribution in [0.3, 0.4) is 0 Å². The van der Waals surface area contributed by atoms with Crippen molar-refractivity contribution in [1.82, 2.24) is 19.9 Å². The Hall–Kier alpha value is -2.55. The lowest BCUT2D eigenvalue weighted by Gasteiger charge is -2.34. The fraction of sp³-hybridized carbons (Fsp3) is 0.300. The number of H-pyrrole nitrogens is 1. The van der Waals surface area contributed by atoms with Crippen LogP contribution in [-0.4, -0.2) is 54.3 Å². The molecule has 8 heteroatoms. The molecule has 1 aliphatic heterocycles. The molecule has 1 N–H and O–H groups in total. The average molecular weight is 398 g/mol. The zero-order valence-electron chi connectivity index (χ0n) is 15.6. The van der Waals surface area contributed by atoms with Gasteiger partial charge in [0.15, 0.2) is 9.84 Å². The second-order valence-electron chi connectivity index (χ2n) is 6.90. The number of morpholine rings is 1. The fourth-order valence-corrected chi connectivity index (χ4v) is 3.97. The molecule has 0 unspecified atom stereocenters. The molecule has 0 radical (unpaired) electrons. The van der Waals surface area contributed by atoms with Crippen LogP contribution in [0, 0.1) is 0 Å². The van der Waals surface area contributed by atoms with Gasteiger partial charge in [-0.05, 0) is 35.4 Å². The van der Waals surface area contributed by atoms with E-state index in [4.69, 9.17) is 4.74 Å². The summed E-state index contributed by atoms with van der Waals surface area (Å²) < 4.78 is 29.0. The first-order valence-corrected chi connectivity index (χ1v) is 11.0. The molecule has 1 aromatic carbocycles. The Morgan fingerprint density at radius 2 is 1.93 bits per heavy atom. The summed E-state index contributed by atoms with van der Waals surface area (Å²) in [5.41, 5.74) is 2.94. The highest BCUT2D eigenvalue weighted by molar-refractivity contribution is 7.90. The van der Waals surface area contributed by atoms with Crippen molar-refractivity contribution in [1.29, 1.82) is 0 Å². The second-order valence-corrected chi connectivity index (χ2v) is 8.91. The van der Waals surface area contributed by atoms with Crippen LogP contribution in [0.5, 0.6) is 0 Å². The lowest BCUT2D eigenvalue weighted by molar-refractivity contribution is -0.0156. The Morgan fingerprint density at radius 3 is 2.64 bits per heavy atom. The molecule has 0 bridgehead atoms. The van der Waals surface area contributed by atoms with E-state index in [2.05, 4.69) is 19.9 Å². The molecule has 0 spiro atoms. The molecule has 3 aromatic rings. The number of nitrogens with one attached hydrogen (secondary N) is 1. The summed E-state index contributed by atoms with van der Waals surface area (Å²) in [4.78, 5) is 14.7. The highest BCUT2D eigenvalue weighted by atomic mass is 32.2. The van der Waals surface area contributed by atoms with E-state index in [1.165, 1.54) is 11.8 Å². The van der Waals surface area contributed by atoms with Gasteiger partial charge in [-0.2, -0.15) is 0 Å². The van der Waals surface area contributed by atoms with Crippen molar-refractivity contribution in [3.8, 4) is 11.3 Å². The number of hydrogen-bond donors (Lipinski definition) is 1. The molecule has 146 valence electrons. The van der Waals surface area contributed by atoms with Gasteiger partial charge in [-0.1, -0.05) is 12.1 Å². The molecule has 1 atom stereocenters. The number of aromatic amines is 1. The van der Waals surface area contributed by atoms with E-state index in [1.807, 2.05) is 12.1 Å². The van der Waals surface area contributed by atoms with E-state index in [9.17, 15) is 8.42 Å². The van der Waals surface area contributed by atoms with Crippen LogP contribution in [0.4, 0.5) is 0 Å². The summed E-state index contributed by atoms with van der Waals surface area (Å²) in [6.45, 7) is 2.90. The first-order chi connectivity index (χ1) is 13.5. The molecule has 2 aromatic heterocycles. The lowest BCUT2D eigenvalue weighted by atomic mass is 10.1. The Morgan fingerprint density at radius 1 is 1.18 bits per heavy atom. The largest absolute Gasteiger partial charge is 0.378 e. The van der Waals surface area contributed by atoms with Crippen LogP contribution in [0.15, 0.2) is 59.9 Å². The van der Waals surface area contributed by atoms with E-state index in [1.54, 1.807) is 42.9 Å². The number of nitrogens with zero attached hydrogens (tertiary/aromatic N) is 3. The standard InChI is InChI=1S/C20H22N4O3S/c1-28(25,26)17-4-2-16(3-5-17)18-12-22-20(23-18)19-14-27-11-10-24(19)13-15-6-8-21-9-7-15/h2-9,12,19H,10-11,13-14H2,1H3,(H,22,23)/t19-/m0/s1. The molecule has 28 heavy (non-hydrogen) atoms. The first-order valence-electron chi connectivity index (χ1n) is 9.07. The summed E-state index contributed by atoms with van der Waals surface area (Å²) in [5.74, 6) is 0.843. The number of rotatable bonds is 5. The van der Waals surface area contributed by atoms with Crippen LogP contribution in [0.25, 0.3) is 11.3 Å². The van der Waals surface area contributed by atoms with Crippen molar-refractivity contribution >= 4 is 9.84 Å². The number of pyridine rings is 1. The molecular formula is C20H22N4O3S. The van der Waals surface area contributed by atoms with Crippen LogP contribution in [-0.2, 0) is 21.1 Å². The van der Waals surface area contributed by atoms with Gasteiger partial charge in [0, 0.05) is 31.7 Å². The van der Waals surface area contributed by atoms with Gasteiger partial charge in [0.25, 0.3) is 0 Å². The highest BCUT2D eigenvalue weighted by Crippen LogP contribution is 2.27. The van der Waals surface area contributed by atoms with Crippen LogP contribution in [0.1, 0.15) is 17.4 Å². The summed E-state index contributed by atoms with van der Waals surface area (Å²) in [5, 5.41) is 0. The average Bonchev–Trinajstić information content (AvgIpc) is 3.19. The van der Waals surface area contributed by atoms with E-state index >= 15 is 0 Å². The number of benzene rings is 1. The van der Waals surface area contributed by atoms with Gasteiger partial charge in [0.05, 0.1) is 36.0 Å². The predicted molar refractivity (Wildman–Crippen MR) is 105 cm³/mol. The van der Waals surface area contributed by atoms with Crippen LogP contribution < -0.4 is 0 Å². The third kappa shape index (κ3) is 4.14. The van der Waals surface area contributed by atoms with Gasteiger partial charge in [0.2, 0.25) is 0 Å². The summed E-state index contributed by atoms with van der Waals surface area (Å²) >= 11 is 0. The quantitative estimate of drug-likeness (QED) is 0.710. The van der Waals surface area contributed by atoms with Gasteiger partial charge in [-0.15, -0.1) is 0 Å². The zero-order chi connectivity index (χ0) is 19.6. The third-order valence-electron chi connectivity index (χ3n) is 4.88. The highest BCUT2D eigenvalue weighted by Gasteiger charge is 2.27. The summed E-state index contributed by atoms with van der Waals surface area (Å²) in [6, 6.07) is 10.9. The van der Waals surface area contributed by atoms with Crippen LogP contribution >= 0.6 is 0 Å². The first kappa shape index (κ1) is 18.8. The maximum absolute atomic E-state index is 11.6. The normalized spacial score (nSPS) is 18.2. The van der Waals surface area contributed by atoms with Crippen molar-refractivity contribution in [2.75, 3.05) is 26.0 Å². The van der Waals surface area contributed by atoms with Crippen molar-refractivity contribution in [2.24, 2.45) is 0 Å². The van der Waals surface area contributed by atoms with Crippen molar-refractivity contribution in [3.63, 3.8) is 0 Å². The molecule has 3 heterocycles. The predicted octanol–water partition coefficient (Wildman–Crippen LogP) is 2.45. The number of imidazole rings is 1. The SMILES string of the molecule is CS(=O)(=O)c1ccc(-c2cnc([C@@H]3COCCN3Cc3ccncc3)[nH]2)cc1. The molecule has 4 rings (SSSR count).